The Bertz CT molecular complexity index is 561. The van der Waals surface area contributed by atoms with Crippen LogP contribution in [0.3, 0.4) is 0 Å². The van der Waals surface area contributed by atoms with Crippen molar-refractivity contribution in [2.24, 2.45) is 0 Å². The van der Waals surface area contributed by atoms with Crippen LogP contribution < -0.4 is 0 Å². The Balaban J connectivity index is 0.00000192. The highest BCUT2D eigenvalue weighted by Crippen LogP contribution is 2.34. The van der Waals surface area contributed by atoms with Crippen LogP contribution in [-0.2, 0) is 4.74 Å². The molecule has 1 atom stereocenters. The number of rotatable bonds is 5. The van der Waals surface area contributed by atoms with Crippen LogP contribution in [0.5, 0.6) is 0 Å². The highest BCUT2D eigenvalue weighted by atomic mass is 127. The maximum absolute atomic E-state index is 5.39. The fourth-order valence-corrected chi connectivity index (χ4v) is 4.38. The minimum atomic E-state index is 0. The minimum Gasteiger partial charge on any atom is -0.380 e. The van der Waals surface area contributed by atoms with Crippen LogP contribution in [0.4, 0.5) is 0 Å². The normalized spacial score (nSPS) is 16.9. The zero-order chi connectivity index (χ0) is 15.4. The zero-order valence-corrected chi connectivity index (χ0v) is 17.6. The van der Waals surface area contributed by atoms with Gasteiger partial charge in [-0.25, -0.2) is 0 Å². The number of halogens is 1. The maximum Gasteiger partial charge on any atom is 0.0670 e. The summed E-state index contributed by atoms with van der Waals surface area (Å²) in [5.41, 5.74) is 5.86. The molecule has 3 heterocycles. The van der Waals surface area contributed by atoms with Gasteiger partial charge in [0, 0.05) is 26.7 Å². The van der Waals surface area contributed by atoms with Crippen molar-refractivity contribution in [1.82, 2.24) is 4.90 Å². The van der Waals surface area contributed by atoms with Crippen molar-refractivity contribution >= 4 is 52.2 Å². The maximum atomic E-state index is 5.39. The molecule has 23 heavy (non-hydrogen) atoms. The molecule has 0 bridgehead atoms. The van der Waals surface area contributed by atoms with Gasteiger partial charge in [0.15, 0.2) is 0 Å². The molecule has 3 rings (SSSR count). The third kappa shape index (κ3) is 4.89. The van der Waals surface area contributed by atoms with Crippen molar-refractivity contribution in [3.8, 4) is 0 Å². The number of ether oxygens (including phenoxy) is 1. The second-order valence-corrected chi connectivity index (χ2v) is 7.41. The van der Waals surface area contributed by atoms with Gasteiger partial charge in [-0.3, -0.25) is 0 Å². The average molecular weight is 461 g/mol. The lowest BCUT2D eigenvalue weighted by Gasteiger charge is -2.31. The van der Waals surface area contributed by atoms with E-state index in [1.807, 2.05) is 0 Å². The van der Waals surface area contributed by atoms with Gasteiger partial charge in [0.05, 0.1) is 6.10 Å². The van der Waals surface area contributed by atoms with Crippen molar-refractivity contribution in [3.63, 3.8) is 0 Å². The molecule has 0 saturated carbocycles. The summed E-state index contributed by atoms with van der Waals surface area (Å²) in [6, 6.07) is 4.51. The van der Waals surface area contributed by atoms with E-state index in [1.54, 1.807) is 35.4 Å². The van der Waals surface area contributed by atoms with Gasteiger partial charge in [-0.1, -0.05) is 5.57 Å². The molecule has 0 amide bonds. The van der Waals surface area contributed by atoms with Gasteiger partial charge in [-0.05, 0) is 70.1 Å². The summed E-state index contributed by atoms with van der Waals surface area (Å²) in [4.78, 5) is 2.52. The summed E-state index contributed by atoms with van der Waals surface area (Å²) in [6.07, 6.45) is 2.65. The van der Waals surface area contributed by atoms with E-state index in [9.17, 15) is 0 Å². The van der Waals surface area contributed by atoms with E-state index in [-0.39, 0.29) is 24.0 Å². The van der Waals surface area contributed by atoms with Gasteiger partial charge in [-0.15, -0.1) is 24.0 Å². The molecule has 0 aromatic carbocycles. The lowest BCUT2D eigenvalue weighted by molar-refractivity contribution is 0.0742. The fourth-order valence-electron chi connectivity index (χ4n) is 3.08. The monoisotopic (exact) mass is 461 g/mol. The van der Waals surface area contributed by atoms with Gasteiger partial charge in [-0.2, -0.15) is 22.7 Å². The predicted octanol–water partition coefficient (Wildman–Crippen LogP) is 5.36. The molecule has 0 spiro atoms. The van der Waals surface area contributed by atoms with E-state index >= 15 is 0 Å². The molecular weight excluding hydrogens is 437 g/mol. The highest BCUT2D eigenvalue weighted by Gasteiger charge is 2.20. The van der Waals surface area contributed by atoms with Crippen molar-refractivity contribution in [2.75, 3.05) is 26.7 Å². The minimum absolute atomic E-state index is 0. The standard InChI is InChI=1S/C18H23NOS2.HI/c1-14(20-2)11-19-7-3-15(4-8-19)18(16-5-9-21-12-16)17-6-10-22-13-17;/h5-6,9-10,12-14H,3-4,7-8,11H2,1-2H3;1H. The largest absolute Gasteiger partial charge is 0.380 e. The Morgan fingerprint density at radius 3 is 2.13 bits per heavy atom. The number of methoxy groups -OCH3 is 1. The molecule has 1 aliphatic heterocycles. The lowest BCUT2D eigenvalue weighted by Crippen LogP contribution is -2.36. The predicted molar refractivity (Wildman–Crippen MR) is 112 cm³/mol. The molecule has 1 aliphatic rings. The number of thiophene rings is 2. The van der Waals surface area contributed by atoms with E-state index in [0.717, 1.165) is 32.5 Å². The van der Waals surface area contributed by atoms with Crippen LogP contribution in [0.1, 0.15) is 30.9 Å². The zero-order valence-electron chi connectivity index (χ0n) is 13.7. The smallest absolute Gasteiger partial charge is 0.0670 e. The number of likely N-dealkylation sites (tertiary alicyclic amines) is 1. The Kier molecular flexibility index (Phi) is 7.75. The van der Waals surface area contributed by atoms with E-state index in [1.165, 1.54) is 16.7 Å². The summed E-state index contributed by atoms with van der Waals surface area (Å²) < 4.78 is 5.39. The average Bonchev–Trinajstić information content (AvgIpc) is 3.23. The first kappa shape index (κ1) is 19.1. The van der Waals surface area contributed by atoms with Gasteiger partial charge < -0.3 is 9.64 Å². The van der Waals surface area contributed by atoms with E-state index in [2.05, 4.69) is 45.5 Å². The van der Waals surface area contributed by atoms with Crippen LogP contribution >= 0.6 is 46.7 Å². The van der Waals surface area contributed by atoms with Crippen LogP contribution in [-0.4, -0.2) is 37.7 Å². The van der Waals surface area contributed by atoms with Crippen LogP contribution in [0.2, 0.25) is 0 Å². The Morgan fingerprint density at radius 1 is 1.13 bits per heavy atom. The van der Waals surface area contributed by atoms with Crippen LogP contribution in [0, 0.1) is 0 Å². The molecule has 0 radical (unpaired) electrons. The SMILES string of the molecule is COC(C)CN1CCC(=C(c2ccsc2)c2ccsc2)CC1.I. The van der Waals surface area contributed by atoms with E-state index < -0.39 is 0 Å². The Morgan fingerprint density at radius 2 is 1.70 bits per heavy atom. The summed E-state index contributed by atoms with van der Waals surface area (Å²) >= 11 is 3.57. The van der Waals surface area contributed by atoms with Gasteiger partial charge in [0.1, 0.15) is 0 Å². The molecule has 5 heteroatoms. The number of hydrogen-bond donors (Lipinski definition) is 0. The molecule has 1 fully saturated rings. The van der Waals surface area contributed by atoms with Crippen molar-refractivity contribution in [3.05, 3.63) is 50.4 Å². The molecule has 2 aromatic heterocycles. The molecule has 2 nitrogen and oxygen atoms in total. The quantitative estimate of drug-likeness (QED) is 0.556. The Hall–Kier alpha value is -0.210. The van der Waals surface area contributed by atoms with Crippen molar-refractivity contribution in [1.29, 1.82) is 0 Å². The number of piperidine rings is 1. The molecule has 0 N–H and O–H groups in total. The third-order valence-electron chi connectivity index (χ3n) is 4.35. The molecule has 2 aromatic rings. The van der Waals surface area contributed by atoms with Gasteiger partial charge >= 0.3 is 0 Å². The summed E-state index contributed by atoms with van der Waals surface area (Å²) in [5, 5.41) is 8.91. The van der Waals surface area contributed by atoms with E-state index in [4.69, 9.17) is 4.74 Å². The summed E-state index contributed by atoms with van der Waals surface area (Å²) in [6.45, 7) is 5.46. The first-order valence-electron chi connectivity index (χ1n) is 7.80. The van der Waals surface area contributed by atoms with E-state index in [0.29, 0.717) is 6.10 Å². The Labute approximate surface area is 164 Å². The van der Waals surface area contributed by atoms with Crippen molar-refractivity contribution < 1.29 is 4.74 Å². The number of nitrogens with zero attached hydrogens (tertiary/aromatic N) is 1. The summed E-state index contributed by atoms with van der Waals surface area (Å²) in [5.74, 6) is 0. The molecular formula is C18H24INOS2. The first-order valence-corrected chi connectivity index (χ1v) is 9.69. The van der Waals surface area contributed by atoms with Gasteiger partial charge in [0.25, 0.3) is 0 Å². The van der Waals surface area contributed by atoms with Crippen molar-refractivity contribution in [2.45, 2.75) is 25.9 Å². The molecule has 126 valence electrons. The first-order chi connectivity index (χ1) is 10.8. The van der Waals surface area contributed by atoms with Gasteiger partial charge in [0.2, 0.25) is 0 Å². The second kappa shape index (κ2) is 9.32. The highest BCUT2D eigenvalue weighted by molar-refractivity contribution is 14.0. The third-order valence-corrected chi connectivity index (χ3v) is 5.72. The fraction of sp³-hybridized carbons (Fsp3) is 0.444. The lowest BCUT2D eigenvalue weighted by atomic mass is 9.91. The molecule has 0 aliphatic carbocycles. The van der Waals surface area contributed by atoms with Crippen LogP contribution in [0.25, 0.3) is 5.57 Å². The topological polar surface area (TPSA) is 12.5 Å². The summed E-state index contributed by atoms with van der Waals surface area (Å²) in [7, 11) is 1.80. The molecule has 1 saturated heterocycles. The molecule has 1 unspecified atom stereocenters. The number of hydrogen-bond acceptors (Lipinski definition) is 4. The van der Waals surface area contributed by atoms with Crippen LogP contribution in [0.15, 0.2) is 39.2 Å². The second-order valence-electron chi connectivity index (χ2n) is 5.85.